The third-order valence-corrected chi connectivity index (χ3v) is 1.22. The van der Waals surface area contributed by atoms with Crippen molar-refractivity contribution in [3.8, 4) is 0 Å². The van der Waals surface area contributed by atoms with E-state index < -0.39 is 0 Å². The molecule has 0 aliphatic rings. The highest BCUT2D eigenvalue weighted by atomic mass is 16.7. The van der Waals surface area contributed by atoms with Gasteiger partial charge in [-0.25, -0.2) is 4.79 Å². The van der Waals surface area contributed by atoms with Gasteiger partial charge in [0.1, 0.15) is 12.4 Å². The highest BCUT2D eigenvalue weighted by Gasteiger charge is 2.01. The topological polar surface area (TPSA) is 59.9 Å². The van der Waals surface area contributed by atoms with E-state index >= 15 is 0 Å². The monoisotopic (exact) mass is 157 g/mol. The number of nitrogens with zero attached hydrogens (tertiary/aromatic N) is 2. The van der Waals surface area contributed by atoms with E-state index in [-0.39, 0.29) is 5.69 Å². The molecule has 11 heavy (non-hydrogen) atoms. The Bertz CT molecular complexity index is 276. The van der Waals surface area contributed by atoms with Gasteiger partial charge in [0.15, 0.2) is 0 Å². The van der Waals surface area contributed by atoms with E-state index in [1.54, 1.807) is 6.92 Å². The molecule has 62 valence electrons. The molecule has 0 unspecified atom stereocenters. The van der Waals surface area contributed by atoms with E-state index in [1.807, 2.05) is 6.92 Å². The van der Waals surface area contributed by atoms with Crippen LogP contribution in [-0.2, 0) is 6.42 Å². The van der Waals surface area contributed by atoms with Crippen molar-refractivity contribution in [2.24, 2.45) is 0 Å². The van der Waals surface area contributed by atoms with Crippen molar-refractivity contribution in [3.63, 3.8) is 0 Å². The molecule has 1 N–H and O–H groups in total. The second-order valence-electron chi connectivity index (χ2n) is 2.02. The molecule has 0 radical (unpaired) electrons. The van der Waals surface area contributed by atoms with E-state index in [2.05, 4.69) is 10.1 Å². The minimum absolute atomic E-state index is 0.316. The number of aromatic amines is 1. The van der Waals surface area contributed by atoms with Gasteiger partial charge in [0.2, 0.25) is 0 Å². The third kappa shape index (κ3) is 1.60. The van der Waals surface area contributed by atoms with Gasteiger partial charge in [-0.2, -0.15) is 0 Å². The average Bonchev–Trinajstić information content (AvgIpc) is 2.33. The molecular weight excluding hydrogens is 146 g/mol. The van der Waals surface area contributed by atoms with Crippen molar-refractivity contribution in [3.05, 3.63) is 16.3 Å². The molecule has 0 spiro atoms. The zero-order chi connectivity index (χ0) is 8.27. The molecule has 0 saturated heterocycles. The minimum Gasteiger partial charge on any atom is -0.393 e. The molecule has 0 fully saturated rings. The Hall–Kier alpha value is -1.26. The van der Waals surface area contributed by atoms with Gasteiger partial charge in [-0.05, 0) is 11.8 Å². The molecular formula is C6H11N3O2. The quantitative estimate of drug-likeness (QED) is 0.648. The first-order valence-corrected chi connectivity index (χ1v) is 3.59. The summed E-state index contributed by atoms with van der Waals surface area (Å²) in [6.07, 6.45) is 0.704. The fourth-order valence-electron chi connectivity index (χ4n) is 0.720. The molecule has 0 saturated carbocycles. The van der Waals surface area contributed by atoms with Crippen LogP contribution in [0.25, 0.3) is 0 Å². The van der Waals surface area contributed by atoms with Crippen LogP contribution in [-0.4, -0.2) is 21.5 Å². The summed E-state index contributed by atoms with van der Waals surface area (Å²) in [5.74, 6) is 0.642. The predicted octanol–water partition coefficient (Wildman–Crippen LogP) is -0.418. The standard InChI is InChI=1S/C6H11N3O2/c1-3-5-7-6(10)9(8-5)11-4-2/h3-4H2,1-2H3,(H,7,8,10). The summed E-state index contributed by atoms with van der Waals surface area (Å²) in [6, 6.07) is 0. The smallest absolute Gasteiger partial charge is 0.377 e. The summed E-state index contributed by atoms with van der Waals surface area (Å²) in [4.78, 5) is 19.3. The summed E-state index contributed by atoms with van der Waals surface area (Å²) in [6.45, 7) is 4.15. The molecule has 0 atom stereocenters. The van der Waals surface area contributed by atoms with E-state index in [1.165, 1.54) is 0 Å². The van der Waals surface area contributed by atoms with E-state index in [4.69, 9.17) is 4.84 Å². The first-order valence-electron chi connectivity index (χ1n) is 3.59. The molecule has 0 bridgehead atoms. The van der Waals surface area contributed by atoms with Gasteiger partial charge in [-0.1, -0.05) is 6.92 Å². The van der Waals surface area contributed by atoms with Crippen LogP contribution in [0.3, 0.4) is 0 Å². The van der Waals surface area contributed by atoms with Crippen molar-refractivity contribution in [1.29, 1.82) is 0 Å². The molecule has 1 aromatic heterocycles. The van der Waals surface area contributed by atoms with Gasteiger partial charge in [0, 0.05) is 6.42 Å². The van der Waals surface area contributed by atoms with Crippen LogP contribution in [0.5, 0.6) is 0 Å². The van der Waals surface area contributed by atoms with Crippen LogP contribution >= 0.6 is 0 Å². The summed E-state index contributed by atoms with van der Waals surface area (Å²) in [5, 5.41) is 3.84. The molecule has 1 rings (SSSR count). The number of rotatable bonds is 3. The first kappa shape index (κ1) is 7.84. The van der Waals surface area contributed by atoms with Crippen LogP contribution in [0.15, 0.2) is 4.79 Å². The Kier molecular flexibility index (Phi) is 2.30. The van der Waals surface area contributed by atoms with Crippen LogP contribution < -0.4 is 10.5 Å². The lowest BCUT2D eigenvalue weighted by molar-refractivity contribution is 0.0839. The Balaban J connectivity index is 2.88. The van der Waals surface area contributed by atoms with Gasteiger partial charge < -0.3 is 4.84 Å². The third-order valence-electron chi connectivity index (χ3n) is 1.22. The van der Waals surface area contributed by atoms with Gasteiger partial charge in [-0.3, -0.25) is 4.98 Å². The van der Waals surface area contributed by atoms with Crippen molar-refractivity contribution < 1.29 is 4.84 Å². The molecule has 5 nitrogen and oxygen atoms in total. The molecule has 0 aliphatic carbocycles. The second-order valence-corrected chi connectivity index (χ2v) is 2.02. The maximum atomic E-state index is 10.9. The summed E-state index contributed by atoms with van der Waals surface area (Å²) >= 11 is 0. The molecule has 0 amide bonds. The normalized spacial score (nSPS) is 10.0. The maximum Gasteiger partial charge on any atom is 0.377 e. The van der Waals surface area contributed by atoms with Gasteiger partial charge in [0.05, 0.1) is 0 Å². The Morgan fingerprint density at radius 2 is 2.36 bits per heavy atom. The lowest BCUT2D eigenvalue weighted by Crippen LogP contribution is -2.25. The fourth-order valence-corrected chi connectivity index (χ4v) is 0.720. The van der Waals surface area contributed by atoms with Crippen LogP contribution in [0.1, 0.15) is 19.7 Å². The maximum absolute atomic E-state index is 10.9. The molecule has 1 aromatic rings. The summed E-state index contributed by atoms with van der Waals surface area (Å²) in [7, 11) is 0. The minimum atomic E-state index is -0.316. The number of hydrogen-bond acceptors (Lipinski definition) is 3. The SMILES string of the molecule is CCOn1nc(CC)[nH]c1=O. The Morgan fingerprint density at radius 3 is 2.82 bits per heavy atom. The Labute approximate surface area is 63.9 Å². The van der Waals surface area contributed by atoms with Crippen molar-refractivity contribution in [2.45, 2.75) is 20.3 Å². The molecule has 0 aliphatic heterocycles. The van der Waals surface area contributed by atoms with Crippen LogP contribution in [0.2, 0.25) is 0 Å². The van der Waals surface area contributed by atoms with Crippen LogP contribution in [0, 0.1) is 0 Å². The fraction of sp³-hybridized carbons (Fsp3) is 0.667. The summed E-state index contributed by atoms with van der Waals surface area (Å²) < 4.78 is 0. The van der Waals surface area contributed by atoms with E-state index in [0.29, 0.717) is 18.9 Å². The lowest BCUT2D eigenvalue weighted by Gasteiger charge is -1.95. The highest BCUT2D eigenvalue weighted by molar-refractivity contribution is 4.78. The first-order chi connectivity index (χ1) is 5.27. The second kappa shape index (κ2) is 3.23. The van der Waals surface area contributed by atoms with Crippen LogP contribution in [0.4, 0.5) is 0 Å². The number of hydrogen-bond donors (Lipinski definition) is 1. The van der Waals surface area contributed by atoms with Crippen molar-refractivity contribution in [1.82, 2.24) is 14.9 Å². The lowest BCUT2D eigenvalue weighted by atomic mass is 10.5. The Morgan fingerprint density at radius 1 is 1.64 bits per heavy atom. The van der Waals surface area contributed by atoms with Crippen molar-refractivity contribution >= 4 is 0 Å². The number of aromatic nitrogens is 3. The average molecular weight is 157 g/mol. The predicted molar refractivity (Wildman–Crippen MR) is 39.3 cm³/mol. The number of H-pyrrole nitrogens is 1. The van der Waals surface area contributed by atoms with E-state index in [9.17, 15) is 4.79 Å². The summed E-state index contributed by atoms with van der Waals surface area (Å²) in [5.41, 5.74) is -0.316. The largest absolute Gasteiger partial charge is 0.393 e. The van der Waals surface area contributed by atoms with Gasteiger partial charge >= 0.3 is 5.69 Å². The van der Waals surface area contributed by atoms with Gasteiger partial charge in [-0.15, -0.1) is 5.10 Å². The van der Waals surface area contributed by atoms with Gasteiger partial charge in [0.25, 0.3) is 0 Å². The molecule has 0 aromatic carbocycles. The van der Waals surface area contributed by atoms with Crippen molar-refractivity contribution in [2.75, 3.05) is 6.61 Å². The molecule has 5 heteroatoms. The zero-order valence-electron chi connectivity index (χ0n) is 6.63. The highest BCUT2D eigenvalue weighted by Crippen LogP contribution is 1.82. The number of nitrogens with one attached hydrogen (secondary N) is 1. The zero-order valence-corrected chi connectivity index (χ0v) is 6.63. The number of aryl methyl sites for hydroxylation is 1. The molecule has 1 heterocycles. The van der Waals surface area contributed by atoms with E-state index in [0.717, 1.165) is 4.85 Å².